The van der Waals surface area contributed by atoms with Crippen LogP contribution in [0.2, 0.25) is 0 Å². The number of aliphatic hydroxyl groups is 2. The van der Waals surface area contributed by atoms with E-state index in [9.17, 15) is 10.2 Å². The highest BCUT2D eigenvalue weighted by atomic mass is 16.3. The molecule has 0 radical (unpaired) electrons. The molecular formula is C15H26O2. The van der Waals surface area contributed by atoms with Crippen molar-refractivity contribution in [1.82, 2.24) is 0 Å². The van der Waals surface area contributed by atoms with Gasteiger partial charge in [0.1, 0.15) is 0 Å². The highest BCUT2D eigenvalue weighted by molar-refractivity contribution is 5.18. The average Bonchev–Trinajstić information content (AvgIpc) is 2.28. The molecule has 2 nitrogen and oxygen atoms in total. The molecule has 0 saturated heterocycles. The molecule has 0 bridgehead atoms. The van der Waals surface area contributed by atoms with Crippen molar-refractivity contribution in [1.29, 1.82) is 0 Å². The van der Waals surface area contributed by atoms with Gasteiger partial charge in [0, 0.05) is 12.5 Å². The molecule has 0 spiro atoms. The van der Waals surface area contributed by atoms with Gasteiger partial charge in [-0.2, -0.15) is 0 Å². The molecule has 0 aromatic carbocycles. The second-order valence-corrected chi connectivity index (χ2v) is 6.64. The fraction of sp³-hybridized carbons (Fsp3) is 0.867. The van der Waals surface area contributed by atoms with Gasteiger partial charge < -0.3 is 10.2 Å². The van der Waals surface area contributed by atoms with Gasteiger partial charge in [-0.05, 0) is 42.9 Å². The van der Waals surface area contributed by atoms with Gasteiger partial charge in [-0.25, -0.2) is 0 Å². The zero-order valence-corrected chi connectivity index (χ0v) is 11.4. The van der Waals surface area contributed by atoms with Crippen LogP contribution in [0.5, 0.6) is 0 Å². The molecular weight excluding hydrogens is 212 g/mol. The van der Waals surface area contributed by atoms with E-state index in [0.717, 1.165) is 12.8 Å². The highest BCUT2D eigenvalue weighted by Crippen LogP contribution is 2.59. The summed E-state index contributed by atoms with van der Waals surface area (Å²) in [6.07, 6.45) is 6.83. The zero-order chi connectivity index (χ0) is 12.7. The van der Waals surface area contributed by atoms with E-state index in [2.05, 4.69) is 26.8 Å². The molecule has 0 amide bonds. The summed E-state index contributed by atoms with van der Waals surface area (Å²) in [5.41, 5.74) is 1.55. The molecule has 2 heteroatoms. The molecule has 0 heterocycles. The average molecular weight is 238 g/mol. The molecule has 2 N–H and O–H groups in total. The maximum absolute atomic E-state index is 9.75. The van der Waals surface area contributed by atoms with Crippen LogP contribution in [0.4, 0.5) is 0 Å². The third-order valence-electron chi connectivity index (χ3n) is 5.67. The van der Waals surface area contributed by atoms with E-state index >= 15 is 0 Å². The first-order valence-electron chi connectivity index (χ1n) is 6.86. The summed E-state index contributed by atoms with van der Waals surface area (Å²) >= 11 is 0. The van der Waals surface area contributed by atoms with E-state index in [1.54, 1.807) is 0 Å². The van der Waals surface area contributed by atoms with Crippen molar-refractivity contribution < 1.29 is 10.2 Å². The van der Waals surface area contributed by atoms with Gasteiger partial charge in [0.05, 0.1) is 6.61 Å². The molecule has 2 aliphatic carbocycles. The summed E-state index contributed by atoms with van der Waals surface area (Å²) in [6.45, 7) is 7.21. The monoisotopic (exact) mass is 238 g/mol. The van der Waals surface area contributed by atoms with Crippen LogP contribution in [0.25, 0.3) is 0 Å². The lowest BCUT2D eigenvalue weighted by Crippen LogP contribution is -2.51. The number of hydrogen-bond acceptors (Lipinski definition) is 2. The summed E-state index contributed by atoms with van der Waals surface area (Å²) in [5, 5.41) is 19.5. The molecule has 2 rings (SSSR count). The lowest BCUT2D eigenvalue weighted by molar-refractivity contribution is -0.0816. The van der Waals surface area contributed by atoms with Crippen molar-refractivity contribution in [3.05, 3.63) is 11.6 Å². The maximum atomic E-state index is 9.75. The Morgan fingerprint density at radius 3 is 2.59 bits per heavy atom. The lowest BCUT2D eigenvalue weighted by Gasteiger charge is -2.57. The molecule has 4 atom stereocenters. The summed E-state index contributed by atoms with van der Waals surface area (Å²) in [5.74, 6) is 0.794. The molecule has 98 valence electrons. The normalized spacial score (nSPS) is 46.3. The van der Waals surface area contributed by atoms with Crippen LogP contribution in [0.1, 0.15) is 46.5 Å². The van der Waals surface area contributed by atoms with Crippen molar-refractivity contribution in [2.45, 2.75) is 46.5 Å². The third-order valence-corrected chi connectivity index (χ3v) is 5.67. The SMILES string of the molecule is CC1=CC[C@@H]2[C@](C)(CO)CCC[C@@]2(C)[C@H]1CO. The Labute approximate surface area is 105 Å². The van der Waals surface area contributed by atoms with Crippen molar-refractivity contribution in [3.8, 4) is 0 Å². The maximum Gasteiger partial charge on any atom is 0.0501 e. The Balaban J connectivity index is 2.39. The molecule has 0 aromatic rings. The predicted octanol–water partition coefficient (Wildman–Crippen LogP) is 2.75. The van der Waals surface area contributed by atoms with Gasteiger partial charge in [0.15, 0.2) is 0 Å². The molecule has 0 aliphatic heterocycles. The molecule has 17 heavy (non-hydrogen) atoms. The minimum atomic E-state index is 0.0393. The molecule has 1 fully saturated rings. The molecule has 1 saturated carbocycles. The van der Waals surface area contributed by atoms with Gasteiger partial charge in [-0.1, -0.05) is 31.9 Å². The van der Waals surface area contributed by atoms with E-state index in [0.29, 0.717) is 5.92 Å². The van der Waals surface area contributed by atoms with E-state index in [-0.39, 0.29) is 30.0 Å². The summed E-state index contributed by atoms with van der Waals surface area (Å²) in [7, 11) is 0. The summed E-state index contributed by atoms with van der Waals surface area (Å²) in [6, 6.07) is 0. The standard InChI is InChI=1S/C15H26O2/c1-11-5-6-13-14(2,10-17)7-4-8-15(13,3)12(11)9-16/h5,12-13,16-17H,4,6-10H2,1-3H3/t12-,13+,14-,15-/m0/s1. The van der Waals surface area contributed by atoms with Crippen LogP contribution in [0.3, 0.4) is 0 Å². The molecule has 2 aliphatic rings. The minimum absolute atomic E-state index is 0.0393. The Kier molecular flexibility index (Phi) is 3.39. The Morgan fingerprint density at radius 1 is 1.29 bits per heavy atom. The van der Waals surface area contributed by atoms with Crippen molar-refractivity contribution in [2.75, 3.05) is 13.2 Å². The lowest BCUT2D eigenvalue weighted by atomic mass is 9.48. The first-order valence-corrected chi connectivity index (χ1v) is 6.86. The van der Waals surface area contributed by atoms with Gasteiger partial charge >= 0.3 is 0 Å². The number of fused-ring (bicyclic) bond motifs is 1. The second kappa shape index (κ2) is 4.40. The van der Waals surface area contributed by atoms with Crippen molar-refractivity contribution in [3.63, 3.8) is 0 Å². The Hall–Kier alpha value is -0.340. The molecule has 0 unspecified atom stereocenters. The van der Waals surface area contributed by atoms with Crippen LogP contribution in [-0.2, 0) is 0 Å². The first-order chi connectivity index (χ1) is 7.98. The largest absolute Gasteiger partial charge is 0.396 e. The first kappa shape index (κ1) is 13.1. The Morgan fingerprint density at radius 2 is 2.00 bits per heavy atom. The van der Waals surface area contributed by atoms with Crippen LogP contribution in [0.15, 0.2) is 11.6 Å². The van der Waals surface area contributed by atoms with Gasteiger partial charge in [0.2, 0.25) is 0 Å². The topological polar surface area (TPSA) is 40.5 Å². The number of allylic oxidation sites excluding steroid dienone is 1. The second-order valence-electron chi connectivity index (χ2n) is 6.64. The number of hydrogen-bond donors (Lipinski definition) is 2. The Bertz CT molecular complexity index is 323. The van der Waals surface area contributed by atoms with Crippen molar-refractivity contribution >= 4 is 0 Å². The third kappa shape index (κ3) is 1.86. The summed E-state index contributed by atoms with van der Waals surface area (Å²) < 4.78 is 0. The number of aliphatic hydroxyl groups excluding tert-OH is 2. The van der Waals surface area contributed by atoms with Gasteiger partial charge in [0.25, 0.3) is 0 Å². The predicted molar refractivity (Wildman–Crippen MR) is 69.6 cm³/mol. The summed E-state index contributed by atoms with van der Waals surface area (Å²) in [4.78, 5) is 0. The quantitative estimate of drug-likeness (QED) is 0.726. The highest BCUT2D eigenvalue weighted by Gasteiger charge is 2.53. The van der Waals surface area contributed by atoms with E-state index in [1.807, 2.05) is 0 Å². The van der Waals surface area contributed by atoms with Gasteiger partial charge in [-0.3, -0.25) is 0 Å². The van der Waals surface area contributed by atoms with Crippen LogP contribution < -0.4 is 0 Å². The van der Waals surface area contributed by atoms with Crippen LogP contribution >= 0.6 is 0 Å². The number of rotatable bonds is 2. The van der Waals surface area contributed by atoms with E-state index in [4.69, 9.17) is 0 Å². The van der Waals surface area contributed by atoms with E-state index in [1.165, 1.54) is 18.4 Å². The zero-order valence-electron chi connectivity index (χ0n) is 11.4. The fourth-order valence-corrected chi connectivity index (χ4v) is 4.50. The van der Waals surface area contributed by atoms with Crippen molar-refractivity contribution in [2.24, 2.45) is 22.7 Å². The minimum Gasteiger partial charge on any atom is -0.396 e. The van der Waals surface area contributed by atoms with Crippen LogP contribution in [0, 0.1) is 22.7 Å². The van der Waals surface area contributed by atoms with Crippen LogP contribution in [-0.4, -0.2) is 23.4 Å². The molecule has 0 aromatic heterocycles. The van der Waals surface area contributed by atoms with E-state index < -0.39 is 0 Å². The smallest absolute Gasteiger partial charge is 0.0501 e. The fourth-order valence-electron chi connectivity index (χ4n) is 4.50. The van der Waals surface area contributed by atoms with Gasteiger partial charge in [-0.15, -0.1) is 0 Å².